The largest absolute Gasteiger partial charge is 0.396 e. The van der Waals surface area contributed by atoms with Gasteiger partial charge in [0.1, 0.15) is 0 Å². The summed E-state index contributed by atoms with van der Waals surface area (Å²) in [7, 11) is 0. The van der Waals surface area contributed by atoms with E-state index in [-0.39, 0.29) is 12.6 Å². The average molecular weight is 200 g/mol. The highest BCUT2D eigenvalue weighted by Crippen LogP contribution is 2.20. The lowest BCUT2D eigenvalue weighted by atomic mass is 10.0. The van der Waals surface area contributed by atoms with Gasteiger partial charge < -0.3 is 15.7 Å². The zero-order valence-electron chi connectivity index (χ0n) is 9.28. The highest BCUT2D eigenvalue weighted by atomic mass is 16.3. The van der Waals surface area contributed by atoms with Crippen molar-refractivity contribution in [1.29, 1.82) is 0 Å². The summed E-state index contributed by atoms with van der Waals surface area (Å²) in [5.74, 6) is 0.890. The molecule has 0 aromatic heterocycles. The molecular formula is C11H24N2O. The summed E-state index contributed by atoms with van der Waals surface area (Å²) < 4.78 is 0. The lowest BCUT2D eigenvalue weighted by Crippen LogP contribution is -2.36. The van der Waals surface area contributed by atoms with Crippen molar-refractivity contribution >= 4 is 0 Å². The van der Waals surface area contributed by atoms with E-state index in [0.717, 1.165) is 18.9 Å². The van der Waals surface area contributed by atoms with Crippen LogP contribution in [0.25, 0.3) is 0 Å². The molecule has 0 saturated carbocycles. The van der Waals surface area contributed by atoms with Crippen molar-refractivity contribution < 1.29 is 5.11 Å². The number of hydrogen-bond donors (Lipinski definition) is 2. The van der Waals surface area contributed by atoms with Gasteiger partial charge in [0.05, 0.1) is 0 Å². The van der Waals surface area contributed by atoms with E-state index in [9.17, 15) is 0 Å². The first kappa shape index (κ1) is 12.0. The van der Waals surface area contributed by atoms with Gasteiger partial charge in [0.25, 0.3) is 0 Å². The molecule has 3 heteroatoms. The van der Waals surface area contributed by atoms with E-state index in [2.05, 4.69) is 11.8 Å². The highest BCUT2D eigenvalue weighted by molar-refractivity contribution is 4.78. The van der Waals surface area contributed by atoms with Crippen molar-refractivity contribution in [2.24, 2.45) is 11.7 Å². The maximum absolute atomic E-state index is 8.75. The first-order valence-corrected chi connectivity index (χ1v) is 5.85. The third-order valence-electron chi connectivity index (χ3n) is 3.06. The Balaban J connectivity index is 2.15. The van der Waals surface area contributed by atoms with Crippen molar-refractivity contribution in [2.45, 2.75) is 38.6 Å². The van der Waals surface area contributed by atoms with Gasteiger partial charge in [-0.1, -0.05) is 13.3 Å². The van der Waals surface area contributed by atoms with E-state index in [0.29, 0.717) is 0 Å². The molecule has 3 nitrogen and oxygen atoms in total. The maximum Gasteiger partial charge on any atom is 0.0446 e. The molecule has 1 saturated heterocycles. The van der Waals surface area contributed by atoms with E-state index in [1.165, 1.54) is 32.4 Å². The molecule has 0 aromatic rings. The second-order valence-corrected chi connectivity index (χ2v) is 4.48. The van der Waals surface area contributed by atoms with Crippen LogP contribution in [-0.4, -0.2) is 42.3 Å². The van der Waals surface area contributed by atoms with E-state index in [4.69, 9.17) is 10.8 Å². The third-order valence-corrected chi connectivity index (χ3v) is 3.06. The molecule has 0 aromatic carbocycles. The number of rotatable bonds is 6. The van der Waals surface area contributed by atoms with Crippen LogP contribution >= 0.6 is 0 Å². The standard InChI is InChI=1S/C11H24N2O/c1-2-3-10-4-6-13(8-10)9-11(12)5-7-14/h10-11,14H,2-9,12H2,1H3. The number of nitrogens with zero attached hydrogens (tertiary/aromatic N) is 1. The Hall–Kier alpha value is -0.120. The molecule has 1 heterocycles. The van der Waals surface area contributed by atoms with Gasteiger partial charge in [-0.05, 0) is 31.7 Å². The van der Waals surface area contributed by atoms with Crippen molar-refractivity contribution in [1.82, 2.24) is 4.90 Å². The maximum atomic E-state index is 8.75. The zero-order chi connectivity index (χ0) is 10.4. The molecule has 1 aliphatic rings. The Kier molecular flexibility index (Phi) is 5.45. The van der Waals surface area contributed by atoms with Crippen LogP contribution in [0.4, 0.5) is 0 Å². The van der Waals surface area contributed by atoms with Crippen molar-refractivity contribution in [2.75, 3.05) is 26.2 Å². The van der Waals surface area contributed by atoms with Gasteiger partial charge in [0.15, 0.2) is 0 Å². The number of aliphatic hydroxyl groups is 1. The molecule has 2 atom stereocenters. The Labute approximate surface area is 87.3 Å². The molecule has 0 radical (unpaired) electrons. The van der Waals surface area contributed by atoms with Crippen LogP contribution in [0.5, 0.6) is 0 Å². The fraction of sp³-hybridized carbons (Fsp3) is 1.00. The van der Waals surface area contributed by atoms with Gasteiger partial charge in [-0.25, -0.2) is 0 Å². The summed E-state index contributed by atoms with van der Waals surface area (Å²) in [6.07, 6.45) is 4.71. The average Bonchev–Trinajstić information content (AvgIpc) is 2.53. The van der Waals surface area contributed by atoms with Crippen LogP contribution < -0.4 is 5.73 Å². The van der Waals surface area contributed by atoms with Crippen LogP contribution in [0.2, 0.25) is 0 Å². The van der Waals surface area contributed by atoms with Gasteiger partial charge in [-0.2, -0.15) is 0 Å². The lowest BCUT2D eigenvalue weighted by molar-refractivity contribution is 0.243. The molecule has 14 heavy (non-hydrogen) atoms. The summed E-state index contributed by atoms with van der Waals surface area (Å²) in [4.78, 5) is 2.45. The minimum atomic E-state index is 0.153. The number of aliphatic hydroxyl groups excluding tert-OH is 1. The van der Waals surface area contributed by atoms with E-state index < -0.39 is 0 Å². The quantitative estimate of drug-likeness (QED) is 0.667. The molecule has 2 unspecified atom stereocenters. The smallest absolute Gasteiger partial charge is 0.0446 e. The number of nitrogens with two attached hydrogens (primary N) is 1. The fourth-order valence-electron chi connectivity index (χ4n) is 2.31. The molecule has 0 amide bonds. The topological polar surface area (TPSA) is 49.5 Å². The van der Waals surface area contributed by atoms with Crippen molar-refractivity contribution in [3.8, 4) is 0 Å². The fourth-order valence-corrected chi connectivity index (χ4v) is 2.31. The Bertz CT molecular complexity index is 152. The predicted octanol–water partition coefficient (Wildman–Crippen LogP) is 0.818. The number of likely N-dealkylation sites (tertiary alicyclic amines) is 1. The summed E-state index contributed by atoms with van der Waals surface area (Å²) in [6.45, 7) is 5.84. The molecule has 84 valence electrons. The summed E-state index contributed by atoms with van der Waals surface area (Å²) in [6, 6.07) is 0.153. The summed E-state index contributed by atoms with van der Waals surface area (Å²) in [5, 5.41) is 8.75. The monoisotopic (exact) mass is 200 g/mol. The second kappa shape index (κ2) is 6.38. The molecule has 1 rings (SSSR count). The molecular weight excluding hydrogens is 176 g/mol. The minimum Gasteiger partial charge on any atom is -0.396 e. The first-order chi connectivity index (χ1) is 6.76. The van der Waals surface area contributed by atoms with E-state index in [1.807, 2.05) is 0 Å². The van der Waals surface area contributed by atoms with Gasteiger partial charge in [0.2, 0.25) is 0 Å². The van der Waals surface area contributed by atoms with E-state index >= 15 is 0 Å². The lowest BCUT2D eigenvalue weighted by Gasteiger charge is -2.20. The molecule has 0 spiro atoms. The molecule has 1 fully saturated rings. The zero-order valence-corrected chi connectivity index (χ0v) is 9.28. The molecule has 0 bridgehead atoms. The van der Waals surface area contributed by atoms with Gasteiger partial charge >= 0.3 is 0 Å². The van der Waals surface area contributed by atoms with Crippen molar-refractivity contribution in [3.63, 3.8) is 0 Å². The van der Waals surface area contributed by atoms with Gasteiger partial charge in [0, 0.05) is 25.7 Å². The van der Waals surface area contributed by atoms with Crippen LogP contribution in [0.1, 0.15) is 32.6 Å². The minimum absolute atomic E-state index is 0.153. The van der Waals surface area contributed by atoms with Gasteiger partial charge in [-0.15, -0.1) is 0 Å². The van der Waals surface area contributed by atoms with Crippen LogP contribution in [-0.2, 0) is 0 Å². The van der Waals surface area contributed by atoms with Crippen molar-refractivity contribution in [3.05, 3.63) is 0 Å². The Morgan fingerprint density at radius 3 is 3.00 bits per heavy atom. The number of hydrogen-bond acceptors (Lipinski definition) is 3. The Morgan fingerprint density at radius 2 is 2.36 bits per heavy atom. The van der Waals surface area contributed by atoms with Crippen LogP contribution in [0, 0.1) is 5.92 Å². The molecule has 3 N–H and O–H groups in total. The molecule has 1 aliphatic heterocycles. The SMILES string of the molecule is CCCC1CCN(CC(N)CCO)C1. The normalized spacial score (nSPS) is 25.5. The van der Waals surface area contributed by atoms with Crippen LogP contribution in [0.3, 0.4) is 0 Å². The first-order valence-electron chi connectivity index (χ1n) is 5.85. The van der Waals surface area contributed by atoms with Crippen LogP contribution in [0.15, 0.2) is 0 Å². The highest BCUT2D eigenvalue weighted by Gasteiger charge is 2.22. The Morgan fingerprint density at radius 1 is 1.57 bits per heavy atom. The summed E-state index contributed by atoms with van der Waals surface area (Å²) >= 11 is 0. The van der Waals surface area contributed by atoms with E-state index in [1.54, 1.807) is 0 Å². The summed E-state index contributed by atoms with van der Waals surface area (Å²) in [5.41, 5.74) is 5.88. The second-order valence-electron chi connectivity index (χ2n) is 4.48. The van der Waals surface area contributed by atoms with Gasteiger partial charge in [-0.3, -0.25) is 0 Å². The third kappa shape index (κ3) is 3.95. The molecule has 0 aliphatic carbocycles. The predicted molar refractivity (Wildman–Crippen MR) is 59.1 cm³/mol.